The van der Waals surface area contributed by atoms with Crippen molar-refractivity contribution in [1.29, 1.82) is 0 Å². The molecule has 7 nitrogen and oxygen atoms in total. The van der Waals surface area contributed by atoms with E-state index < -0.39 is 0 Å². The monoisotopic (exact) mass is 355 g/mol. The first-order chi connectivity index (χ1) is 12.8. The number of aromatic nitrogens is 3. The second kappa shape index (κ2) is 7.86. The molecule has 0 aromatic carbocycles. The number of likely N-dealkylation sites (tertiary alicyclic amines) is 1. The summed E-state index contributed by atoms with van der Waals surface area (Å²) in [6, 6.07) is 5.86. The lowest BCUT2D eigenvalue weighted by atomic mass is 9.98. The number of piperidine rings is 2. The van der Waals surface area contributed by atoms with Gasteiger partial charge in [-0.05, 0) is 25.5 Å². The number of rotatable bonds is 4. The maximum Gasteiger partial charge on any atom is 0.257 e. The molecule has 4 rings (SSSR count). The minimum Gasteiger partial charge on any atom is -0.474 e. The molecular weight excluding hydrogens is 330 g/mol. The lowest BCUT2D eigenvalue weighted by molar-refractivity contribution is 0.0586. The van der Waals surface area contributed by atoms with Crippen LogP contribution >= 0.6 is 0 Å². The van der Waals surface area contributed by atoms with Gasteiger partial charge in [0.25, 0.3) is 5.91 Å². The standard InChI is InChI=1S/C19H25N5O2/c25-19(15-13-22-23-18(15)16-5-1-3-9-20-16)24-11-7-14(8-12-24)26-17-6-2-4-10-21-17/h2,4,6,10,13-14,16,20H,1,3,5,7-9,11-12H2,(H,22,23). The first-order valence-electron chi connectivity index (χ1n) is 9.45. The van der Waals surface area contributed by atoms with Crippen molar-refractivity contribution in [2.45, 2.75) is 44.2 Å². The molecule has 1 amide bonds. The van der Waals surface area contributed by atoms with Crippen LogP contribution in [0, 0.1) is 0 Å². The molecule has 26 heavy (non-hydrogen) atoms. The quantitative estimate of drug-likeness (QED) is 0.879. The second-order valence-corrected chi connectivity index (χ2v) is 6.98. The van der Waals surface area contributed by atoms with E-state index >= 15 is 0 Å². The van der Waals surface area contributed by atoms with Crippen LogP contribution in [-0.4, -0.2) is 51.7 Å². The number of pyridine rings is 1. The molecule has 4 heterocycles. The predicted octanol–water partition coefficient (Wildman–Crippen LogP) is 2.30. The minimum atomic E-state index is 0.0670. The summed E-state index contributed by atoms with van der Waals surface area (Å²) in [5.74, 6) is 0.718. The third-order valence-corrected chi connectivity index (χ3v) is 5.21. The summed E-state index contributed by atoms with van der Waals surface area (Å²) in [6.07, 6.45) is 8.56. The normalized spacial score (nSPS) is 21.5. The van der Waals surface area contributed by atoms with Gasteiger partial charge < -0.3 is 15.0 Å². The molecule has 0 saturated carbocycles. The molecule has 1 unspecified atom stereocenters. The number of nitrogens with zero attached hydrogens (tertiary/aromatic N) is 3. The highest BCUT2D eigenvalue weighted by molar-refractivity contribution is 5.95. The summed E-state index contributed by atoms with van der Waals surface area (Å²) < 4.78 is 5.92. The number of H-pyrrole nitrogens is 1. The average Bonchev–Trinajstić information content (AvgIpc) is 3.19. The van der Waals surface area contributed by atoms with Crippen molar-refractivity contribution in [3.05, 3.63) is 41.9 Å². The van der Waals surface area contributed by atoms with Gasteiger partial charge in [0.1, 0.15) is 6.10 Å². The number of aromatic amines is 1. The van der Waals surface area contributed by atoms with E-state index in [-0.39, 0.29) is 18.1 Å². The summed E-state index contributed by atoms with van der Waals surface area (Å²) >= 11 is 0. The van der Waals surface area contributed by atoms with E-state index in [2.05, 4.69) is 20.5 Å². The Kier molecular flexibility index (Phi) is 5.15. The van der Waals surface area contributed by atoms with Crippen molar-refractivity contribution >= 4 is 5.91 Å². The summed E-state index contributed by atoms with van der Waals surface area (Å²) in [7, 11) is 0. The maximum atomic E-state index is 13.0. The Morgan fingerprint density at radius 2 is 2.08 bits per heavy atom. The lowest BCUT2D eigenvalue weighted by Crippen LogP contribution is -2.42. The Morgan fingerprint density at radius 1 is 1.19 bits per heavy atom. The van der Waals surface area contributed by atoms with Crippen molar-refractivity contribution in [2.75, 3.05) is 19.6 Å². The van der Waals surface area contributed by atoms with Crippen LogP contribution in [0.4, 0.5) is 0 Å². The molecule has 2 aromatic rings. The number of ether oxygens (including phenoxy) is 1. The van der Waals surface area contributed by atoms with Gasteiger partial charge in [-0.15, -0.1) is 0 Å². The highest BCUT2D eigenvalue weighted by Gasteiger charge is 2.29. The fourth-order valence-corrected chi connectivity index (χ4v) is 3.77. The van der Waals surface area contributed by atoms with Crippen LogP contribution < -0.4 is 10.1 Å². The van der Waals surface area contributed by atoms with Crippen LogP contribution in [-0.2, 0) is 0 Å². The Hall–Kier alpha value is -2.41. The van der Waals surface area contributed by atoms with E-state index in [9.17, 15) is 4.79 Å². The molecule has 7 heteroatoms. The minimum absolute atomic E-state index is 0.0670. The molecule has 1 atom stereocenters. The molecule has 0 spiro atoms. The van der Waals surface area contributed by atoms with Crippen molar-refractivity contribution in [2.24, 2.45) is 0 Å². The van der Waals surface area contributed by atoms with E-state index in [1.165, 1.54) is 12.8 Å². The smallest absolute Gasteiger partial charge is 0.257 e. The zero-order chi connectivity index (χ0) is 17.8. The van der Waals surface area contributed by atoms with Crippen LogP contribution in [0.3, 0.4) is 0 Å². The number of carbonyl (C=O) groups is 1. The highest BCUT2D eigenvalue weighted by Crippen LogP contribution is 2.26. The third kappa shape index (κ3) is 3.72. The molecular formula is C19H25N5O2. The first kappa shape index (κ1) is 17.0. The SMILES string of the molecule is O=C(c1cn[nH]c1C1CCCCN1)N1CCC(Oc2ccccn2)CC1. The highest BCUT2D eigenvalue weighted by atomic mass is 16.5. The van der Waals surface area contributed by atoms with Gasteiger partial charge in [0, 0.05) is 44.2 Å². The van der Waals surface area contributed by atoms with Gasteiger partial charge in [0.15, 0.2) is 0 Å². The van der Waals surface area contributed by atoms with E-state index in [0.29, 0.717) is 24.5 Å². The van der Waals surface area contributed by atoms with Gasteiger partial charge in [-0.1, -0.05) is 12.5 Å². The van der Waals surface area contributed by atoms with E-state index in [1.54, 1.807) is 12.4 Å². The topological polar surface area (TPSA) is 83.1 Å². The zero-order valence-electron chi connectivity index (χ0n) is 14.9. The summed E-state index contributed by atoms with van der Waals surface area (Å²) in [5.41, 5.74) is 1.63. The van der Waals surface area contributed by atoms with Crippen molar-refractivity contribution in [3.8, 4) is 5.88 Å². The second-order valence-electron chi connectivity index (χ2n) is 6.98. The fourth-order valence-electron chi connectivity index (χ4n) is 3.77. The Balaban J connectivity index is 1.36. The summed E-state index contributed by atoms with van der Waals surface area (Å²) in [6.45, 7) is 2.38. The van der Waals surface area contributed by atoms with Crippen molar-refractivity contribution < 1.29 is 9.53 Å². The molecule has 2 saturated heterocycles. The number of hydrogen-bond donors (Lipinski definition) is 2. The number of amides is 1. The molecule has 0 aliphatic carbocycles. The molecule has 138 valence electrons. The molecule has 0 bridgehead atoms. The van der Waals surface area contributed by atoms with Crippen LogP contribution in [0.5, 0.6) is 5.88 Å². The van der Waals surface area contributed by atoms with Crippen LogP contribution in [0.15, 0.2) is 30.6 Å². The van der Waals surface area contributed by atoms with Gasteiger partial charge >= 0.3 is 0 Å². The largest absolute Gasteiger partial charge is 0.474 e. The molecule has 2 aliphatic heterocycles. The van der Waals surface area contributed by atoms with Crippen molar-refractivity contribution in [3.63, 3.8) is 0 Å². The van der Waals surface area contributed by atoms with Gasteiger partial charge in [-0.3, -0.25) is 9.89 Å². The molecule has 2 aromatic heterocycles. The van der Waals surface area contributed by atoms with Gasteiger partial charge in [-0.25, -0.2) is 4.98 Å². The Morgan fingerprint density at radius 3 is 2.81 bits per heavy atom. The number of carbonyl (C=O) groups excluding carboxylic acids is 1. The van der Waals surface area contributed by atoms with Gasteiger partial charge in [0.2, 0.25) is 5.88 Å². The van der Waals surface area contributed by atoms with Crippen LogP contribution in [0.1, 0.15) is 54.2 Å². The number of nitrogens with one attached hydrogen (secondary N) is 2. The Bertz CT molecular complexity index is 719. The number of hydrogen-bond acceptors (Lipinski definition) is 5. The molecule has 2 aliphatic rings. The van der Waals surface area contributed by atoms with Crippen molar-refractivity contribution in [1.82, 2.24) is 25.4 Å². The van der Waals surface area contributed by atoms with Gasteiger partial charge in [-0.2, -0.15) is 5.10 Å². The average molecular weight is 355 g/mol. The maximum absolute atomic E-state index is 13.0. The van der Waals surface area contributed by atoms with E-state index in [0.717, 1.165) is 31.5 Å². The lowest BCUT2D eigenvalue weighted by Gasteiger charge is -2.32. The molecule has 2 fully saturated rings. The fraction of sp³-hybridized carbons (Fsp3) is 0.526. The third-order valence-electron chi connectivity index (χ3n) is 5.21. The van der Waals surface area contributed by atoms with Gasteiger partial charge in [0.05, 0.1) is 17.5 Å². The Labute approximate surface area is 153 Å². The van der Waals surface area contributed by atoms with E-state index in [4.69, 9.17) is 4.74 Å². The van der Waals surface area contributed by atoms with E-state index in [1.807, 2.05) is 23.1 Å². The molecule has 0 radical (unpaired) electrons. The first-order valence-corrected chi connectivity index (χ1v) is 9.45. The predicted molar refractivity (Wildman–Crippen MR) is 97.0 cm³/mol. The summed E-state index contributed by atoms with van der Waals surface area (Å²) in [4.78, 5) is 19.1. The summed E-state index contributed by atoms with van der Waals surface area (Å²) in [5, 5.41) is 10.7. The zero-order valence-corrected chi connectivity index (χ0v) is 14.9. The van der Waals surface area contributed by atoms with Crippen LogP contribution in [0.25, 0.3) is 0 Å². The molecule has 2 N–H and O–H groups in total. The van der Waals surface area contributed by atoms with Crippen LogP contribution in [0.2, 0.25) is 0 Å².